The van der Waals surface area contributed by atoms with E-state index in [-0.39, 0.29) is 5.69 Å². The predicted molar refractivity (Wildman–Crippen MR) is 44.6 cm³/mol. The zero-order valence-corrected chi connectivity index (χ0v) is 7.24. The van der Waals surface area contributed by atoms with Gasteiger partial charge in [-0.3, -0.25) is 5.10 Å². The average Bonchev–Trinajstić information content (AvgIpc) is 2.50. The lowest BCUT2D eigenvalue weighted by molar-refractivity contribution is 0.0689. The molecule has 3 rings (SSSR count). The van der Waals surface area contributed by atoms with Crippen molar-refractivity contribution in [1.29, 1.82) is 0 Å². The van der Waals surface area contributed by atoms with Gasteiger partial charge in [0, 0.05) is 11.3 Å². The van der Waals surface area contributed by atoms with E-state index >= 15 is 0 Å². The quantitative estimate of drug-likeness (QED) is 0.674. The first-order valence-corrected chi connectivity index (χ1v) is 4.50. The van der Waals surface area contributed by atoms with E-state index in [2.05, 4.69) is 17.1 Å². The van der Waals surface area contributed by atoms with Crippen molar-refractivity contribution in [3.05, 3.63) is 17.0 Å². The number of nitrogens with one attached hydrogen (secondary N) is 1. The minimum atomic E-state index is -0.905. The van der Waals surface area contributed by atoms with E-state index < -0.39 is 5.97 Å². The fourth-order valence-electron chi connectivity index (χ4n) is 2.64. The Morgan fingerprint density at radius 3 is 3.15 bits per heavy atom. The number of aromatic amines is 1. The number of H-pyrrole nitrogens is 1. The van der Waals surface area contributed by atoms with E-state index in [9.17, 15) is 4.79 Å². The van der Waals surface area contributed by atoms with Gasteiger partial charge < -0.3 is 5.11 Å². The Labute approximate surface area is 75.0 Å². The molecule has 68 valence electrons. The summed E-state index contributed by atoms with van der Waals surface area (Å²) in [4.78, 5) is 10.8. The molecule has 2 aliphatic rings. The molecule has 0 spiro atoms. The summed E-state index contributed by atoms with van der Waals surface area (Å²) in [5, 5.41) is 15.5. The number of hydrogen-bond acceptors (Lipinski definition) is 2. The number of rotatable bonds is 1. The zero-order valence-electron chi connectivity index (χ0n) is 7.24. The first-order valence-electron chi connectivity index (χ1n) is 4.50. The maximum Gasteiger partial charge on any atom is 0.356 e. The maximum absolute atomic E-state index is 10.8. The van der Waals surface area contributed by atoms with Crippen molar-refractivity contribution >= 4 is 5.97 Å². The molecule has 4 heteroatoms. The fourth-order valence-corrected chi connectivity index (χ4v) is 2.64. The molecule has 0 amide bonds. The van der Waals surface area contributed by atoms with Crippen LogP contribution in [0.5, 0.6) is 0 Å². The first-order chi connectivity index (χ1) is 6.20. The lowest BCUT2D eigenvalue weighted by Gasteiger charge is -1.96. The molecule has 1 fully saturated rings. The van der Waals surface area contributed by atoms with Crippen molar-refractivity contribution in [2.75, 3.05) is 0 Å². The molecular formula is C9H10N2O2. The molecule has 1 aromatic rings. The van der Waals surface area contributed by atoms with Crippen LogP contribution < -0.4 is 0 Å². The van der Waals surface area contributed by atoms with Crippen LogP contribution in [0.15, 0.2) is 0 Å². The van der Waals surface area contributed by atoms with Gasteiger partial charge in [0.2, 0.25) is 0 Å². The van der Waals surface area contributed by atoms with Crippen molar-refractivity contribution in [1.82, 2.24) is 10.2 Å². The van der Waals surface area contributed by atoms with Crippen molar-refractivity contribution in [3.8, 4) is 0 Å². The number of hydrogen-bond donors (Lipinski definition) is 2. The molecule has 1 saturated carbocycles. The molecule has 2 aliphatic carbocycles. The highest BCUT2D eigenvalue weighted by molar-refractivity contribution is 5.88. The van der Waals surface area contributed by atoms with Crippen LogP contribution in [0.25, 0.3) is 0 Å². The number of fused-ring (bicyclic) bond motifs is 3. The highest BCUT2D eigenvalue weighted by atomic mass is 16.4. The molecule has 0 bridgehead atoms. The second-order valence-electron chi connectivity index (χ2n) is 4.02. The fraction of sp³-hybridized carbons (Fsp3) is 0.556. The Morgan fingerprint density at radius 2 is 2.46 bits per heavy atom. The predicted octanol–water partition coefficient (Wildman–Crippen LogP) is 1.01. The smallest absolute Gasteiger partial charge is 0.356 e. The third kappa shape index (κ3) is 0.709. The van der Waals surface area contributed by atoms with Crippen molar-refractivity contribution in [3.63, 3.8) is 0 Å². The highest BCUT2D eigenvalue weighted by Gasteiger charge is 2.55. The number of carbonyl (C=O) groups is 1. The zero-order chi connectivity index (χ0) is 9.16. The molecule has 0 radical (unpaired) electrons. The maximum atomic E-state index is 10.8. The van der Waals surface area contributed by atoms with Gasteiger partial charge in [-0.2, -0.15) is 5.10 Å². The van der Waals surface area contributed by atoms with Gasteiger partial charge in [0.1, 0.15) is 0 Å². The minimum Gasteiger partial charge on any atom is -0.476 e. The van der Waals surface area contributed by atoms with Gasteiger partial charge in [0.25, 0.3) is 0 Å². The number of carboxylic acids is 1. The Kier molecular flexibility index (Phi) is 1.07. The lowest BCUT2D eigenvalue weighted by Crippen LogP contribution is -2.00. The molecular weight excluding hydrogens is 168 g/mol. The van der Waals surface area contributed by atoms with Gasteiger partial charge in [-0.25, -0.2) is 4.79 Å². The van der Waals surface area contributed by atoms with Crippen LogP contribution in [0.3, 0.4) is 0 Å². The Bertz CT molecular complexity index is 396. The van der Waals surface area contributed by atoms with E-state index in [1.54, 1.807) is 0 Å². The monoisotopic (exact) mass is 178 g/mol. The van der Waals surface area contributed by atoms with Crippen LogP contribution >= 0.6 is 0 Å². The normalized spacial score (nSPS) is 34.1. The summed E-state index contributed by atoms with van der Waals surface area (Å²) in [6.07, 6.45) is 0.988. The molecule has 3 atom stereocenters. The summed E-state index contributed by atoms with van der Waals surface area (Å²) in [7, 11) is 0. The van der Waals surface area contributed by atoms with E-state index in [1.807, 2.05) is 0 Å². The topological polar surface area (TPSA) is 66.0 Å². The Balaban J connectivity index is 2.12. The van der Waals surface area contributed by atoms with Gasteiger partial charge in [-0.1, -0.05) is 6.92 Å². The molecule has 13 heavy (non-hydrogen) atoms. The standard InChI is InChI=1S/C9H10N2O2/c1-3-4-2-5-7(6(3)4)8(9(12)13)11-10-5/h3-4,6H,2H2,1H3,(H,10,11)(H,12,13)/t3-,4-,6+/m0/s1. The number of aromatic nitrogens is 2. The van der Waals surface area contributed by atoms with Crippen molar-refractivity contribution in [2.45, 2.75) is 19.3 Å². The summed E-state index contributed by atoms with van der Waals surface area (Å²) in [5.74, 6) is 0.905. The molecule has 4 nitrogen and oxygen atoms in total. The third-order valence-electron chi connectivity index (χ3n) is 3.42. The number of nitrogens with zero attached hydrogens (tertiary/aromatic N) is 1. The van der Waals surface area contributed by atoms with E-state index in [0.717, 1.165) is 17.7 Å². The average molecular weight is 178 g/mol. The molecule has 0 unspecified atom stereocenters. The minimum absolute atomic E-state index is 0.242. The summed E-state index contributed by atoms with van der Waals surface area (Å²) in [5.41, 5.74) is 2.27. The molecule has 1 aromatic heterocycles. The van der Waals surface area contributed by atoms with Crippen LogP contribution in [0.2, 0.25) is 0 Å². The Hall–Kier alpha value is -1.32. The van der Waals surface area contributed by atoms with E-state index in [4.69, 9.17) is 5.11 Å². The number of carboxylic acid groups (broad SMARTS) is 1. The first kappa shape index (κ1) is 7.12. The Morgan fingerprint density at radius 1 is 1.69 bits per heavy atom. The largest absolute Gasteiger partial charge is 0.476 e. The highest BCUT2D eigenvalue weighted by Crippen LogP contribution is 2.61. The van der Waals surface area contributed by atoms with Gasteiger partial charge in [0.15, 0.2) is 5.69 Å². The van der Waals surface area contributed by atoms with Gasteiger partial charge in [0.05, 0.1) is 0 Å². The molecule has 1 heterocycles. The van der Waals surface area contributed by atoms with Gasteiger partial charge >= 0.3 is 5.97 Å². The molecule has 0 saturated heterocycles. The molecule has 0 aromatic carbocycles. The second-order valence-corrected chi connectivity index (χ2v) is 4.02. The van der Waals surface area contributed by atoms with Gasteiger partial charge in [-0.05, 0) is 24.2 Å². The summed E-state index contributed by atoms with van der Waals surface area (Å²) < 4.78 is 0. The summed E-state index contributed by atoms with van der Waals surface area (Å²) in [6, 6.07) is 0. The third-order valence-corrected chi connectivity index (χ3v) is 3.42. The van der Waals surface area contributed by atoms with E-state index in [0.29, 0.717) is 17.8 Å². The van der Waals surface area contributed by atoms with Crippen LogP contribution in [0, 0.1) is 11.8 Å². The summed E-state index contributed by atoms with van der Waals surface area (Å²) >= 11 is 0. The summed E-state index contributed by atoms with van der Waals surface area (Å²) in [6.45, 7) is 2.18. The molecule has 2 N–H and O–H groups in total. The van der Waals surface area contributed by atoms with Crippen molar-refractivity contribution in [2.24, 2.45) is 11.8 Å². The van der Waals surface area contributed by atoms with E-state index in [1.165, 1.54) is 0 Å². The van der Waals surface area contributed by atoms with Crippen molar-refractivity contribution < 1.29 is 9.90 Å². The molecule has 0 aliphatic heterocycles. The van der Waals surface area contributed by atoms with Crippen LogP contribution in [0.1, 0.15) is 34.6 Å². The van der Waals surface area contributed by atoms with Gasteiger partial charge in [-0.15, -0.1) is 0 Å². The lowest BCUT2D eigenvalue weighted by atomic mass is 10.1. The second kappa shape index (κ2) is 1.95. The van der Waals surface area contributed by atoms with Crippen LogP contribution in [0.4, 0.5) is 0 Å². The number of aromatic carboxylic acids is 1. The van der Waals surface area contributed by atoms with Crippen LogP contribution in [-0.4, -0.2) is 21.3 Å². The SMILES string of the molecule is C[C@H]1[C@@H]2Cc3[nH]nc(C(=O)O)c3[C@H]12. The van der Waals surface area contributed by atoms with Crippen LogP contribution in [-0.2, 0) is 6.42 Å².